The summed E-state index contributed by atoms with van der Waals surface area (Å²) < 4.78 is 50.2. The summed E-state index contributed by atoms with van der Waals surface area (Å²) in [5, 5.41) is 11.2. The van der Waals surface area contributed by atoms with Crippen LogP contribution in [0.2, 0.25) is 5.02 Å². The third kappa shape index (κ3) is 6.48. The normalized spacial score (nSPS) is 11.2. The highest BCUT2D eigenvalue weighted by atomic mass is 35.5. The molecule has 0 atom stereocenters. The van der Waals surface area contributed by atoms with Crippen molar-refractivity contribution in [2.75, 3.05) is 20.3 Å². The van der Waals surface area contributed by atoms with Crippen LogP contribution in [-0.2, 0) is 6.54 Å². The third-order valence-corrected chi connectivity index (χ3v) is 4.41. The van der Waals surface area contributed by atoms with Crippen molar-refractivity contribution in [1.82, 2.24) is 4.90 Å². The second-order valence-electron chi connectivity index (χ2n) is 6.50. The lowest BCUT2D eigenvalue weighted by Crippen LogP contribution is -2.38. The van der Waals surface area contributed by atoms with Gasteiger partial charge in [0, 0.05) is 17.2 Å². The van der Waals surface area contributed by atoms with Crippen LogP contribution in [0.1, 0.15) is 29.3 Å². The highest BCUT2D eigenvalue weighted by Crippen LogP contribution is 2.37. The molecule has 0 bridgehead atoms. The maximum atomic E-state index is 13.2. The molecule has 168 valence electrons. The van der Waals surface area contributed by atoms with E-state index in [2.05, 4.69) is 0 Å². The second kappa shape index (κ2) is 10.3. The number of halogens is 4. The van der Waals surface area contributed by atoms with Gasteiger partial charge in [0.15, 0.2) is 11.5 Å². The lowest BCUT2D eigenvalue weighted by atomic mass is 10.1. The highest BCUT2D eigenvalue weighted by molar-refractivity contribution is 6.32. The fraction of sp³-hybridized carbons (Fsp3) is 0.350. The zero-order valence-corrected chi connectivity index (χ0v) is 17.5. The molecule has 2 aromatic carbocycles. The van der Waals surface area contributed by atoms with Crippen molar-refractivity contribution in [3.63, 3.8) is 0 Å². The van der Waals surface area contributed by atoms with Gasteiger partial charge in [-0.1, -0.05) is 36.7 Å². The van der Waals surface area contributed by atoms with E-state index in [1.807, 2.05) is 6.92 Å². The van der Waals surface area contributed by atoms with E-state index in [-0.39, 0.29) is 33.3 Å². The van der Waals surface area contributed by atoms with Gasteiger partial charge in [-0.25, -0.2) is 0 Å². The zero-order valence-electron chi connectivity index (χ0n) is 16.7. The predicted molar refractivity (Wildman–Crippen MR) is 108 cm³/mol. The number of carbonyl (C=O) groups excluding carboxylic acids is 1. The maximum Gasteiger partial charge on any atom is 0.406 e. The molecular weight excluding hydrogens is 441 g/mol. The molecule has 11 heteroatoms. The van der Waals surface area contributed by atoms with Gasteiger partial charge in [-0.3, -0.25) is 14.9 Å². The summed E-state index contributed by atoms with van der Waals surface area (Å²) in [7, 11) is 1.31. The maximum absolute atomic E-state index is 13.2. The van der Waals surface area contributed by atoms with E-state index in [1.54, 1.807) is 0 Å². The lowest BCUT2D eigenvalue weighted by Gasteiger charge is -2.24. The first-order chi connectivity index (χ1) is 14.6. The first-order valence-corrected chi connectivity index (χ1v) is 9.53. The first kappa shape index (κ1) is 24.3. The number of para-hydroxylation sites is 1. The molecule has 0 aliphatic heterocycles. The van der Waals surface area contributed by atoms with Crippen molar-refractivity contribution in [3.05, 3.63) is 62.7 Å². The predicted octanol–water partition coefficient (Wildman–Crippen LogP) is 5.25. The van der Waals surface area contributed by atoms with Crippen LogP contribution in [0.5, 0.6) is 11.5 Å². The van der Waals surface area contributed by atoms with E-state index >= 15 is 0 Å². The van der Waals surface area contributed by atoms with Gasteiger partial charge in [0.25, 0.3) is 11.6 Å². The summed E-state index contributed by atoms with van der Waals surface area (Å²) >= 11 is 6.17. The van der Waals surface area contributed by atoms with E-state index in [1.165, 1.54) is 37.4 Å². The number of nitrogens with zero attached hydrogens (tertiary/aromatic N) is 2. The smallest absolute Gasteiger partial charge is 0.406 e. The third-order valence-electron chi connectivity index (χ3n) is 4.13. The number of nitro groups is 1. The molecule has 0 fully saturated rings. The summed E-state index contributed by atoms with van der Waals surface area (Å²) in [6.07, 6.45) is -4.05. The van der Waals surface area contributed by atoms with Crippen molar-refractivity contribution in [2.45, 2.75) is 26.1 Å². The summed E-state index contributed by atoms with van der Waals surface area (Å²) in [4.78, 5) is 23.9. The highest BCUT2D eigenvalue weighted by Gasteiger charge is 2.35. The Hall–Kier alpha value is -3.01. The summed E-state index contributed by atoms with van der Waals surface area (Å²) in [5.41, 5.74) is -0.596. The van der Waals surface area contributed by atoms with Gasteiger partial charge < -0.3 is 14.4 Å². The molecule has 2 rings (SSSR count). The van der Waals surface area contributed by atoms with Crippen LogP contribution in [0.15, 0.2) is 36.4 Å². The Morgan fingerprint density at radius 1 is 1.26 bits per heavy atom. The summed E-state index contributed by atoms with van der Waals surface area (Å²) in [6, 6.07) is 7.69. The molecule has 0 N–H and O–H groups in total. The van der Waals surface area contributed by atoms with Crippen LogP contribution in [-0.4, -0.2) is 42.2 Å². The van der Waals surface area contributed by atoms with Crippen LogP contribution in [0.4, 0.5) is 18.9 Å². The fourth-order valence-corrected chi connectivity index (χ4v) is 3.08. The number of nitro benzene ring substituents is 1. The van der Waals surface area contributed by atoms with Crippen molar-refractivity contribution in [1.29, 1.82) is 0 Å². The number of carbonyl (C=O) groups is 1. The molecule has 0 unspecified atom stereocenters. The Labute approximate surface area is 181 Å². The SMILES string of the molecule is CCCOc1c(Cl)cc(C(=O)N(Cc2ccccc2[N+](=O)[O-])CC(F)(F)F)cc1OC. The van der Waals surface area contributed by atoms with Crippen LogP contribution in [0.25, 0.3) is 0 Å². The zero-order chi connectivity index (χ0) is 23.2. The number of methoxy groups -OCH3 is 1. The molecule has 0 saturated carbocycles. The Morgan fingerprint density at radius 2 is 1.94 bits per heavy atom. The minimum atomic E-state index is -4.72. The molecule has 0 aliphatic rings. The van der Waals surface area contributed by atoms with E-state index in [0.29, 0.717) is 17.9 Å². The quantitative estimate of drug-likeness (QED) is 0.377. The van der Waals surface area contributed by atoms with Gasteiger partial charge in [0.2, 0.25) is 0 Å². The van der Waals surface area contributed by atoms with Gasteiger partial charge in [0.05, 0.1) is 30.2 Å². The fourth-order valence-electron chi connectivity index (χ4n) is 2.81. The Balaban J connectivity index is 2.45. The number of benzene rings is 2. The van der Waals surface area contributed by atoms with E-state index in [4.69, 9.17) is 21.1 Å². The molecule has 2 aromatic rings. The van der Waals surface area contributed by atoms with Crippen LogP contribution >= 0.6 is 11.6 Å². The minimum absolute atomic E-state index is 0.00574. The molecule has 1 amide bonds. The van der Waals surface area contributed by atoms with Crippen molar-refractivity contribution >= 4 is 23.2 Å². The van der Waals surface area contributed by atoms with Crippen molar-refractivity contribution < 1.29 is 32.4 Å². The van der Waals surface area contributed by atoms with Gasteiger partial charge >= 0.3 is 6.18 Å². The van der Waals surface area contributed by atoms with Crippen LogP contribution in [0.3, 0.4) is 0 Å². The number of rotatable bonds is 9. The lowest BCUT2D eigenvalue weighted by molar-refractivity contribution is -0.385. The molecular formula is C20H20ClF3N2O5. The number of hydrogen-bond donors (Lipinski definition) is 0. The van der Waals surface area contributed by atoms with Gasteiger partial charge in [0.1, 0.15) is 6.54 Å². The Kier molecular flexibility index (Phi) is 8.09. The number of amides is 1. The summed E-state index contributed by atoms with van der Waals surface area (Å²) in [6.45, 7) is -0.0350. The topological polar surface area (TPSA) is 81.9 Å². The molecule has 0 spiro atoms. The Bertz CT molecular complexity index is 953. The van der Waals surface area contributed by atoms with E-state index < -0.39 is 30.1 Å². The van der Waals surface area contributed by atoms with Gasteiger partial charge in [-0.15, -0.1) is 0 Å². The van der Waals surface area contributed by atoms with Crippen LogP contribution in [0, 0.1) is 10.1 Å². The minimum Gasteiger partial charge on any atom is -0.493 e. The monoisotopic (exact) mass is 460 g/mol. The Morgan fingerprint density at radius 3 is 2.52 bits per heavy atom. The molecule has 7 nitrogen and oxygen atoms in total. The molecule has 0 heterocycles. The van der Waals surface area contributed by atoms with E-state index in [9.17, 15) is 28.1 Å². The molecule has 0 saturated heterocycles. The van der Waals surface area contributed by atoms with Crippen LogP contribution < -0.4 is 9.47 Å². The number of ether oxygens (including phenoxy) is 2. The molecule has 0 radical (unpaired) electrons. The average molecular weight is 461 g/mol. The van der Waals surface area contributed by atoms with E-state index in [0.717, 1.165) is 6.07 Å². The van der Waals surface area contributed by atoms with Crippen molar-refractivity contribution in [2.24, 2.45) is 0 Å². The molecule has 0 aliphatic carbocycles. The summed E-state index contributed by atoms with van der Waals surface area (Å²) in [5.74, 6) is -0.761. The molecule has 0 aromatic heterocycles. The average Bonchev–Trinajstić information content (AvgIpc) is 2.70. The standard InChI is InChI=1S/C20H20ClF3N2O5/c1-3-8-31-18-15(21)9-14(10-17(18)30-2)19(27)25(12-20(22,23)24)11-13-6-4-5-7-16(13)26(28)29/h4-7,9-10H,3,8,11-12H2,1-2H3. The second-order valence-corrected chi connectivity index (χ2v) is 6.91. The number of alkyl halides is 3. The van der Waals surface area contributed by atoms with Gasteiger partial charge in [-0.2, -0.15) is 13.2 Å². The van der Waals surface area contributed by atoms with Gasteiger partial charge in [-0.05, 0) is 18.6 Å². The first-order valence-electron chi connectivity index (χ1n) is 9.16. The number of hydrogen-bond acceptors (Lipinski definition) is 5. The largest absolute Gasteiger partial charge is 0.493 e. The van der Waals surface area contributed by atoms with Crippen molar-refractivity contribution in [3.8, 4) is 11.5 Å². The molecule has 31 heavy (non-hydrogen) atoms.